The van der Waals surface area contributed by atoms with E-state index in [1.54, 1.807) is 34.6 Å². The molecule has 29 heavy (non-hydrogen) atoms. The Labute approximate surface area is 171 Å². The van der Waals surface area contributed by atoms with E-state index in [1.165, 1.54) is 0 Å². The quantitative estimate of drug-likeness (QED) is 0.679. The van der Waals surface area contributed by atoms with Gasteiger partial charge in [-0.3, -0.25) is 4.79 Å². The number of aromatic nitrogens is 1. The number of benzene rings is 2. The fourth-order valence-electron chi connectivity index (χ4n) is 4.22. The first kappa shape index (κ1) is 19.9. The SMILES string of the molecule is Cc1cccc2cc(CN(C3CCCCC3)S(=O)(=O)c3ccccc3)c(=O)[nH]c12. The maximum atomic E-state index is 13.5. The van der Waals surface area contributed by atoms with Crippen molar-refractivity contribution < 1.29 is 8.42 Å². The van der Waals surface area contributed by atoms with Gasteiger partial charge in [-0.2, -0.15) is 4.31 Å². The molecular weight excluding hydrogens is 384 g/mol. The molecule has 1 aromatic heterocycles. The van der Waals surface area contributed by atoms with Crippen molar-refractivity contribution in [3.8, 4) is 0 Å². The van der Waals surface area contributed by atoms with Crippen LogP contribution in [-0.2, 0) is 16.6 Å². The van der Waals surface area contributed by atoms with E-state index in [2.05, 4.69) is 4.98 Å². The van der Waals surface area contributed by atoms with E-state index in [-0.39, 0.29) is 23.0 Å². The molecule has 0 unspecified atom stereocenters. The summed E-state index contributed by atoms with van der Waals surface area (Å²) in [5.41, 5.74) is 2.05. The average molecular weight is 411 g/mol. The lowest BCUT2D eigenvalue weighted by Crippen LogP contribution is -2.42. The van der Waals surface area contributed by atoms with Crippen molar-refractivity contribution in [3.05, 3.63) is 76.1 Å². The second kappa shape index (κ2) is 8.13. The third-order valence-electron chi connectivity index (χ3n) is 5.82. The summed E-state index contributed by atoms with van der Waals surface area (Å²) in [7, 11) is -3.70. The van der Waals surface area contributed by atoms with Gasteiger partial charge in [0.2, 0.25) is 10.0 Å². The standard InChI is InChI=1S/C23H26N2O3S/c1-17-9-8-10-18-15-19(23(26)24-22(17)18)16-25(20-11-4-2-5-12-20)29(27,28)21-13-6-3-7-14-21/h3,6-10,13-15,20H,2,4-5,11-12,16H2,1H3,(H,24,26). The number of para-hydroxylation sites is 1. The lowest BCUT2D eigenvalue weighted by atomic mass is 9.95. The van der Waals surface area contributed by atoms with Gasteiger partial charge in [-0.15, -0.1) is 0 Å². The molecule has 0 bridgehead atoms. The lowest BCUT2D eigenvalue weighted by molar-refractivity contribution is 0.247. The highest BCUT2D eigenvalue weighted by Gasteiger charge is 2.33. The number of hydrogen-bond donors (Lipinski definition) is 1. The Morgan fingerprint density at radius 2 is 1.72 bits per heavy atom. The third-order valence-corrected chi connectivity index (χ3v) is 7.74. The van der Waals surface area contributed by atoms with Gasteiger partial charge in [0, 0.05) is 18.2 Å². The Bertz CT molecular complexity index is 1160. The van der Waals surface area contributed by atoms with Crippen LogP contribution >= 0.6 is 0 Å². The highest BCUT2D eigenvalue weighted by atomic mass is 32.2. The number of nitrogens with zero attached hydrogens (tertiary/aromatic N) is 1. The fourth-order valence-corrected chi connectivity index (χ4v) is 5.91. The number of sulfonamides is 1. The van der Waals surface area contributed by atoms with E-state index in [0.29, 0.717) is 5.56 Å². The number of aryl methyl sites for hydroxylation is 1. The third kappa shape index (κ3) is 4.00. The molecule has 0 amide bonds. The van der Waals surface area contributed by atoms with Crippen molar-refractivity contribution in [1.82, 2.24) is 9.29 Å². The molecule has 1 fully saturated rings. The summed E-state index contributed by atoms with van der Waals surface area (Å²) in [6.45, 7) is 2.03. The Hall–Kier alpha value is -2.44. The maximum Gasteiger partial charge on any atom is 0.252 e. The van der Waals surface area contributed by atoms with Crippen LogP contribution in [0.4, 0.5) is 0 Å². The van der Waals surface area contributed by atoms with E-state index < -0.39 is 10.0 Å². The molecule has 0 atom stereocenters. The van der Waals surface area contributed by atoms with Gasteiger partial charge in [0.25, 0.3) is 5.56 Å². The zero-order chi connectivity index (χ0) is 20.4. The smallest absolute Gasteiger partial charge is 0.252 e. The molecule has 0 saturated heterocycles. The van der Waals surface area contributed by atoms with Gasteiger partial charge in [0.15, 0.2) is 0 Å². The first-order valence-corrected chi connectivity index (χ1v) is 11.6. The number of hydrogen-bond acceptors (Lipinski definition) is 3. The van der Waals surface area contributed by atoms with Crippen LogP contribution in [0.5, 0.6) is 0 Å². The van der Waals surface area contributed by atoms with Crippen molar-refractivity contribution in [2.45, 2.75) is 56.5 Å². The Balaban J connectivity index is 1.77. The van der Waals surface area contributed by atoms with Crippen LogP contribution in [0.25, 0.3) is 10.9 Å². The van der Waals surface area contributed by atoms with Crippen molar-refractivity contribution >= 4 is 20.9 Å². The molecule has 0 spiro atoms. The number of pyridine rings is 1. The van der Waals surface area contributed by atoms with Gasteiger partial charge >= 0.3 is 0 Å². The van der Waals surface area contributed by atoms with Crippen LogP contribution in [-0.4, -0.2) is 23.7 Å². The van der Waals surface area contributed by atoms with Gasteiger partial charge in [-0.05, 0) is 48.9 Å². The summed E-state index contributed by atoms with van der Waals surface area (Å²) in [6, 6.07) is 16.1. The minimum atomic E-state index is -3.70. The number of fused-ring (bicyclic) bond motifs is 1. The van der Waals surface area contributed by atoms with Crippen LogP contribution in [0.1, 0.15) is 43.2 Å². The minimum Gasteiger partial charge on any atom is -0.321 e. The molecule has 3 aromatic rings. The monoisotopic (exact) mass is 410 g/mol. The second-order valence-corrected chi connectivity index (χ2v) is 9.71. The molecule has 1 aliphatic carbocycles. The van der Waals surface area contributed by atoms with E-state index in [0.717, 1.165) is 48.6 Å². The highest BCUT2D eigenvalue weighted by Crippen LogP contribution is 2.29. The molecule has 2 aromatic carbocycles. The molecule has 6 heteroatoms. The van der Waals surface area contributed by atoms with Crippen molar-refractivity contribution in [3.63, 3.8) is 0 Å². The largest absolute Gasteiger partial charge is 0.321 e. The highest BCUT2D eigenvalue weighted by molar-refractivity contribution is 7.89. The van der Waals surface area contributed by atoms with Crippen LogP contribution in [0.3, 0.4) is 0 Å². The number of H-pyrrole nitrogens is 1. The molecule has 0 radical (unpaired) electrons. The van der Waals surface area contributed by atoms with Crippen LogP contribution in [0, 0.1) is 6.92 Å². The Morgan fingerprint density at radius 3 is 2.45 bits per heavy atom. The Kier molecular flexibility index (Phi) is 5.56. The van der Waals surface area contributed by atoms with Gasteiger partial charge in [-0.25, -0.2) is 8.42 Å². The van der Waals surface area contributed by atoms with Gasteiger partial charge in [0.05, 0.1) is 10.4 Å². The normalized spacial score (nSPS) is 15.8. The zero-order valence-corrected chi connectivity index (χ0v) is 17.4. The molecule has 1 saturated carbocycles. The topological polar surface area (TPSA) is 70.2 Å². The minimum absolute atomic E-state index is 0.0819. The second-order valence-electron chi connectivity index (χ2n) is 7.82. The lowest BCUT2D eigenvalue weighted by Gasteiger charge is -2.33. The van der Waals surface area contributed by atoms with Crippen molar-refractivity contribution in [1.29, 1.82) is 0 Å². The van der Waals surface area contributed by atoms with Crippen LogP contribution in [0.2, 0.25) is 0 Å². The summed E-state index contributed by atoms with van der Waals surface area (Å²) >= 11 is 0. The van der Waals surface area contributed by atoms with Gasteiger partial charge in [0.1, 0.15) is 0 Å². The molecule has 1 aliphatic rings. The van der Waals surface area contributed by atoms with E-state index >= 15 is 0 Å². The van der Waals surface area contributed by atoms with E-state index in [4.69, 9.17) is 0 Å². The summed E-state index contributed by atoms with van der Waals surface area (Å²) in [6.07, 6.45) is 4.82. The number of nitrogens with one attached hydrogen (secondary N) is 1. The molecule has 152 valence electrons. The summed E-state index contributed by atoms with van der Waals surface area (Å²) in [5, 5.41) is 0.917. The van der Waals surface area contributed by atoms with Gasteiger partial charge in [-0.1, -0.05) is 55.7 Å². The first-order chi connectivity index (χ1) is 14.0. The fraction of sp³-hybridized carbons (Fsp3) is 0.348. The van der Waals surface area contributed by atoms with Crippen LogP contribution in [0.15, 0.2) is 64.3 Å². The first-order valence-electron chi connectivity index (χ1n) is 10.2. The number of rotatable bonds is 5. The molecule has 4 rings (SSSR count). The Morgan fingerprint density at radius 1 is 1.00 bits per heavy atom. The zero-order valence-electron chi connectivity index (χ0n) is 16.6. The molecule has 1 heterocycles. The maximum absolute atomic E-state index is 13.5. The van der Waals surface area contributed by atoms with Crippen molar-refractivity contribution in [2.24, 2.45) is 0 Å². The predicted octanol–water partition coefficient (Wildman–Crippen LogP) is 4.36. The predicted molar refractivity (Wildman–Crippen MR) is 115 cm³/mol. The molecular formula is C23H26N2O3S. The van der Waals surface area contributed by atoms with E-state index in [9.17, 15) is 13.2 Å². The molecule has 0 aliphatic heterocycles. The van der Waals surface area contributed by atoms with E-state index in [1.807, 2.05) is 31.2 Å². The summed E-state index contributed by atoms with van der Waals surface area (Å²) < 4.78 is 28.5. The average Bonchev–Trinajstić information content (AvgIpc) is 2.74. The summed E-state index contributed by atoms with van der Waals surface area (Å²) in [5.74, 6) is 0. The number of aromatic amines is 1. The molecule has 1 N–H and O–H groups in total. The van der Waals surface area contributed by atoms with Gasteiger partial charge < -0.3 is 4.98 Å². The summed E-state index contributed by atoms with van der Waals surface area (Å²) in [4.78, 5) is 16.0. The van der Waals surface area contributed by atoms with Crippen LogP contribution < -0.4 is 5.56 Å². The van der Waals surface area contributed by atoms with Crippen molar-refractivity contribution in [2.75, 3.05) is 0 Å². The molecule has 5 nitrogen and oxygen atoms in total.